The second-order valence-electron chi connectivity index (χ2n) is 6.13. The lowest BCUT2D eigenvalue weighted by Crippen LogP contribution is -2.26. The average Bonchev–Trinajstić information content (AvgIpc) is 3.36. The summed E-state index contributed by atoms with van der Waals surface area (Å²) >= 11 is 7.87. The van der Waals surface area contributed by atoms with Crippen molar-refractivity contribution in [3.63, 3.8) is 0 Å². The maximum Gasteiger partial charge on any atom is 0.230 e. The molecule has 1 fully saturated rings. The van der Waals surface area contributed by atoms with Crippen LogP contribution in [0.3, 0.4) is 0 Å². The number of thiazole rings is 1. The lowest BCUT2D eigenvalue weighted by Gasteiger charge is -2.27. The van der Waals surface area contributed by atoms with E-state index in [-0.39, 0.29) is 11.9 Å². The zero-order valence-electron chi connectivity index (χ0n) is 14.5. The van der Waals surface area contributed by atoms with Gasteiger partial charge in [-0.2, -0.15) is 9.61 Å². The number of hydrogen-bond acceptors (Lipinski definition) is 7. The quantitative estimate of drug-likeness (QED) is 0.715. The van der Waals surface area contributed by atoms with E-state index in [2.05, 4.69) is 15.0 Å². The lowest BCUT2D eigenvalue weighted by molar-refractivity contribution is 0.275. The van der Waals surface area contributed by atoms with E-state index in [1.807, 2.05) is 12.1 Å². The van der Waals surface area contributed by atoms with Crippen molar-refractivity contribution in [2.45, 2.75) is 18.9 Å². The molecule has 1 unspecified atom stereocenters. The minimum Gasteiger partial charge on any atom is -0.493 e. The van der Waals surface area contributed by atoms with Gasteiger partial charge < -0.3 is 14.6 Å². The van der Waals surface area contributed by atoms with Crippen LogP contribution in [0.2, 0.25) is 5.02 Å². The zero-order chi connectivity index (χ0) is 18.3. The fourth-order valence-electron chi connectivity index (χ4n) is 3.50. The number of likely N-dealkylation sites (tertiary alicyclic amines) is 1. The number of aromatic nitrogens is 3. The molecule has 1 saturated heterocycles. The minimum absolute atomic E-state index is 0.116. The molecule has 1 aliphatic heterocycles. The van der Waals surface area contributed by atoms with Gasteiger partial charge in [0.15, 0.2) is 11.5 Å². The van der Waals surface area contributed by atoms with Crippen molar-refractivity contribution in [2.24, 2.45) is 0 Å². The van der Waals surface area contributed by atoms with Crippen molar-refractivity contribution in [1.82, 2.24) is 19.5 Å². The van der Waals surface area contributed by atoms with E-state index < -0.39 is 0 Å². The highest BCUT2D eigenvalue weighted by Crippen LogP contribution is 2.45. The van der Waals surface area contributed by atoms with Gasteiger partial charge in [-0.1, -0.05) is 22.9 Å². The molecule has 1 aromatic carbocycles. The van der Waals surface area contributed by atoms with E-state index in [9.17, 15) is 5.11 Å². The Balaban J connectivity index is 1.87. The maximum atomic E-state index is 10.7. The van der Waals surface area contributed by atoms with Gasteiger partial charge in [0.05, 0.1) is 30.2 Å². The van der Waals surface area contributed by atoms with Crippen LogP contribution in [-0.2, 0) is 0 Å². The summed E-state index contributed by atoms with van der Waals surface area (Å²) in [6, 6.07) is 3.65. The number of nitrogens with zero attached hydrogens (tertiary/aromatic N) is 4. The van der Waals surface area contributed by atoms with Crippen molar-refractivity contribution < 1.29 is 14.6 Å². The summed E-state index contributed by atoms with van der Waals surface area (Å²) in [5.41, 5.74) is 0.939. The van der Waals surface area contributed by atoms with Gasteiger partial charge in [0.1, 0.15) is 6.33 Å². The number of benzene rings is 1. The topological polar surface area (TPSA) is 72.1 Å². The summed E-state index contributed by atoms with van der Waals surface area (Å²) < 4.78 is 12.3. The van der Waals surface area contributed by atoms with Gasteiger partial charge in [0.25, 0.3) is 0 Å². The maximum absolute atomic E-state index is 10.7. The van der Waals surface area contributed by atoms with Crippen molar-refractivity contribution in [1.29, 1.82) is 0 Å². The fraction of sp³-hybridized carbons (Fsp3) is 0.412. The molecule has 0 amide bonds. The van der Waals surface area contributed by atoms with Gasteiger partial charge in [-0.3, -0.25) is 4.90 Å². The SMILES string of the molecule is COc1cc(C(c2sc3ncnn3c2O)N2CCCC2)cc(Cl)c1OC. The molecule has 138 valence electrons. The van der Waals surface area contributed by atoms with E-state index in [0.29, 0.717) is 21.5 Å². The molecule has 9 heteroatoms. The third-order valence-corrected chi connectivity index (χ3v) is 6.03. The normalized spacial score (nSPS) is 16.3. The number of aromatic hydroxyl groups is 1. The number of ether oxygens (including phenoxy) is 2. The Morgan fingerprint density at radius 1 is 1.23 bits per heavy atom. The molecule has 0 aliphatic carbocycles. The van der Waals surface area contributed by atoms with Crippen LogP contribution in [0.1, 0.15) is 29.3 Å². The largest absolute Gasteiger partial charge is 0.493 e. The van der Waals surface area contributed by atoms with Gasteiger partial charge >= 0.3 is 0 Å². The number of fused-ring (bicyclic) bond motifs is 1. The first kappa shape index (κ1) is 17.4. The molecule has 26 heavy (non-hydrogen) atoms. The molecule has 7 nitrogen and oxygen atoms in total. The van der Waals surface area contributed by atoms with Gasteiger partial charge in [0, 0.05) is 0 Å². The molecule has 1 N–H and O–H groups in total. The monoisotopic (exact) mass is 394 g/mol. The highest BCUT2D eigenvalue weighted by atomic mass is 35.5. The van der Waals surface area contributed by atoms with Gasteiger partial charge in [0.2, 0.25) is 10.8 Å². The fourth-order valence-corrected chi connectivity index (χ4v) is 4.88. The van der Waals surface area contributed by atoms with Crippen LogP contribution >= 0.6 is 22.9 Å². The Hall–Kier alpha value is -2.03. The van der Waals surface area contributed by atoms with Crippen LogP contribution < -0.4 is 9.47 Å². The van der Waals surface area contributed by atoms with E-state index in [1.165, 1.54) is 22.2 Å². The van der Waals surface area contributed by atoms with Crippen molar-refractivity contribution in [3.05, 3.63) is 33.9 Å². The first-order chi connectivity index (χ1) is 12.6. The molecule has 4 rings (SSSR count). The van der Waals surface area contributed by atoms with E-state index >= 15 is 0 Å². The molecule has 1 atom stereocenters. The summed E-state index contributed by atoms with van der Waals surface area (Å²) in [6.07, 6.45) is 3.69. The van der Waals surface area contributed by atoms with Crippen molar-refractivity contribution in [3.8, 4) is 17.4 Å². The average molecular weight is 395 g/mol. The van der Waals surface area contributed by atoms with Crippen LogP contribution in [-0.4, -0.2) is 51.9 Å². The van der Waals surface area contributed by atoms with E-state index in [0.717, 1.165) is 36.4 Å². The molecule has 2 aromatic heterocycles. The van der Waals surface area contributed by atoms with Crippen molar-refractivity contribution in [2.75, 3.05) is 27.3 Å². The number of methoxy groups -OCH3 is 2. The summed E-state index contributed by atoms with van der Waals surface area (Å²) in [4.78, 5) is 8.00. The molecule has 1 aliphatic rings. The molecule has 0 spiro atoms. The highest BCUT2D eigenvalue weighted by molar-refractivity contribution is 7.17. The number of hydrogen-bond donors (Lipinski definition) is 1. The molecule has 3 aromatic rings. The van der Waals surface area contributed by atoms with Crippen LogP contribution in [0.25, 0.3) is 4.96 Å². The second-order valence-corrected chi connectivity index (χ2v) is 7.54. The molecule has 0 radical (unpaired) electrons. The van der Waals surface area contributed by atoms with Crippen LogP contribution in [0.5, 0.6) is 17.4 Å². The summed E-state index contributed by atoms with van der Waals surface area (Å²) in [5, 5.41) is 15.3. The van der Waals surface area contributed by atoms with E-state index in [1.54, 1.807) is 14.2 Å². The predicted octanol–water partition coefficient (Wildman–Crippen LogP) is 3.35. The second kappa shape index (κ2) is 6.94. The minimum atomic E-state index is -0.150. The first-order valence-electron chi connectivity index (χ1n) is 8.31. The van der Waals surface area contributed by atoms with E-state index in [4.69, 9.17) is 21.1 Å². The first-order valence-corrected chi connectivity index (χ1v) is 9.50. The van der Waals surface area contributed by atoms with Crippen LogP contribution in [0.15, 0.2) is 18.5 Å². The van der Waals surface area contributed by atoms with Crippen LogP contribution in [0.4, 0.5) is 0 Å². The lowest BCUT2D eigenvalue weighted by atomic mass is 10.0. The standard InChI is InChI=1S/C17H19ClN4O3S/c1-24-12-8-10(7-11(18)14(12)25-2)13(21-5-3-4-6-21)15-16(23)22-17(26-15)19-9-20-22/h7-9,13,23H,3-6H2,1-2H3. The molecule has 0 bridgehead atoms. The van der Waals surface area contributed by atoms with Gasteiger partial charge in [-0.15, -0.1) is 0 Å². The predicted molar refractivity (Wildman–Crippen MR) is 99.7 cm³/mol. The molecular formula is C17H19ClN4O3S. The number of halogens is 1. The van der Waals surface area contributed by atoms with Crippen LogP contribution in [0, 0.1) is 0 Å². The van der Waals surface area contributed by atoms with Crippen molar-refractivity contribution >= 4 is 27.9 Å². The molecule has 0 saturated carbocycles. The Kier molecular flexibility index (Phi) is 4.64. The third-order valence-electron chi connectivity index (χ3n) is 4.66. The summed E-state index contributed by atoms with van der Waals surface area (Å²) in [5.74, 6) is 1.19. The molecular weight excluding hydrogens is 376 g/mol. The Labute approximate surface area is 159 Å². The summed E-state index contributed by atoms with van der Waals surface area (Å²) in [6.45, 7) is 1.90. The Morgan fingerprint density at radius 3 is 2.65 bits per heavy atom. The number of rotatable bonds is 5. The van der Waals surface area contributed by atoms with Gasteiger partial charge in [-0.05, 0) is 43.6 Å². The smallest absolute Gasteiger partial charge is 0.230 e. The Bertz CT molecular complexity index is 936. The van der Waals surface area contributed by atoms with Gasteiger partial charge in [-0.25, -0.2) is 4.98 Å². The molecule has 3 heterocycles. The zero-order valence-corrected chi connectivity index (χ0v) is 16.0. The highest BCUT2D eigenvalue weighted by Gasteiger charge is 2.32. The Morgan fingerprint density at radius 2 is 2.00 bits per heavy atom. The third kappa shape index (κ3) is 2.78. The summed E-state index contributed by atoms with van der Waals surface area (Å²) in [7, 11) is 3.15.